The van der Waals surface area contributed by atoms with E-state index >= 15 is 0 Å². The van der Waals surface area contributed by atoms with Gasteiger partial charge in [0.2, 0.25) is 0 Å². The summed E-state index contributed by atoms with van der Waals surface area (Å²) >= 11 is 0. The van der Waals surface area contributed by atoms with E-state index in [1.807, 2.05) is 66.7 Å². The Kier molecular flexibility index (Phi) is 4.76. The molecule has 5 heteroatoms. The van der Waals surface area contributed by atoms with Gasteiger partial charge in [-0.15, -0.1) is 0 Å². The van der Waals surface area contributed by atoms with Gasteiger partial charge in [-0.25, -0.2) is 15.0 Å². The standard InChI is InChI=1S/C34H20N4O/c1-2-9-22(10-3-1)32-36-33(25-16-15-21-8-4-5-11-23(21)18-25)38-34(37-32)26-13-6-14-29-31(26)27-19-24-12-7-17-35-28(24)20-30(27)39-29/h1-20H. The quantitative estimate of drug-likeness (QED) is 0.243. The average molecular weight is 501 g/mol. The Bertz CT molecular complexity index is 2180. The van der Waals surface area contributed by atoms with Gasteiger partial charge in [-0.2, -0.15) is 0 Å². The molecule has 5 aromatic carbocycles. The van der Waals surface area contributed by atoms with E-state index < -0.39 is 0 Å². The van der Waals surface area contributed by atoms with E-state index in [0.717, 1.165) is 54.9 Å². The van der Waals surface area contributed by atoms with Crippen LogP contribution >= 0.6 is 0 Å². The van der Waals surface area contributed by atoms with Crippen molar-refractivity contribution in [1.29, 1.82) is 0 Å². The number of furan rings is 1. The van der Waals surface area contributed by atoms with Crippen molar-refractivity contribution in [1.82, 2.24) is 19.9 Å². The molecule has 182 valence electrons. The highest BCUT2D eigenvalue weighted by atomic mass is 16.3. The molecule has 0 N–H and O–H groups in total. The minimum atomic E-state index is 0.603. The van der Waals surface area contributed by atoms with Gasteiger partial charge >= 0.3 is 0 Å². The zero-order chi connectivity index (χ0) is 25.8. The molecule has 0 aliphatic heterocycles. The molecule has 0 fully saturated rings. The van der Waals surface area contributed by atoms with E-state index in [2.05, 4.69) is 53.5 Å². The Balaban J connectivity index is 1.41. The molecular formula is C34H20N4O. The SMILES string of the molecule is c1ccc(-c2nc(-c3ccc4ccccc4c3)nc(-c3cccc4oc5cc6ncccc6cc5c34)n2)cc1. The van der Waals surface area contributed by atoms with Gasteiger partial charge < -0.3 is 4.42 Å². The predicted octanol–water partition coefficient (Wildman–Crippen LogP) is 8.47. The van der Waals surface area contributed by atoms with Crippen molar-refractivity contribution in [3.05, 3.63) is 121 Å². The lowest BCUT2D eigenvalue weighted by molar-refractivity contribution is 0.669. The van der Waals surface area contributed by atoms with Crippen LogP contribution in [-0.2, 0) is 0 Å². The third-order valence-electron chi connectivity index (χ3n) is 7.14. The summed E-state index contributed by atoms with van der Waals surface area (Å²) in [6.45, 7) is 0. The molecule has 0 amide bonds. The van der Waals surface area contributed by atoms with Gasteiger partial charge in [-0.1, -0.05) is 84.9 Å². The first-order valence-electron chi connectivity index (χ1n) is 12.8. The van der Waals surface area contributed by atoms with Crippen molar-refractivity contribution in [2.24, 2.45) is 0 Å². The normalized spacial score (nSPS) is 11.6. The summed E-state index contributed by atoms with van der Waals surface area (Å²) in [6, 6.07) is 38.8. The first-order chi connectivity index (χ1) is 19.3. The second kappa shape index (κ2) is 8.57. The van der Waals surface area contributed by atoms with Gasteiger partial charge in [-0.3, -0.25) is 4.98 Å². The third kappa shape index (κ3) is 3.63. The van der Waals surface area contributed by atoms with E-state index in [-0.39, 0.29) is 0 Å². The third-order valence-corrected chi connectivity index (χ3v) is 7.14. The van der Waals surface area contributed by atoms with Crippen LogP contribution in [0.3, 0.4) is 0 Å². The fourth-order valence-corrected chi connectivity index (χ4v) is 5.25. The van der Waals surface area contributed by atoms with Crippen LogP contribution in [0.5, 0.6) is 0 Å². The van der Waals surface area contributed by atoms with Crippen molar-refractivity contribution in [3.8, 4) is 34.2 Å². The monoisotopic (exact) mass is 500 g/mol. The largest absolute Gasteiger partial charge is 0.456 e. The molecule has 0 spiro atoms. The number of hydrogen-bond donors (Lipinski definition) is 0. The van der Waals surface area contributed by atoms with Crippen LogP contribution in [0.15, 0.2) is 126 Å². The van der Waals surface area contributed by atoms with Gasteiger partial charge in [0.05, 0.1) is 5.52 Å². The van der Waals surface area contributed by atoms with Crippen molar-refractivity contribution < 1.29 is 4.42 Å². The van der Waals surface area contributed by atoms with Crippen molar-refractivity contribution >= 4 is 43.6 Å². The number of fused-ring (bicyclic) bond motifs is 5. The highest BCUT2D eigenvalue weighted by Crippen LogP contribution is 2.38. The van der Waals surface area contributed by atoms with Crippen LogP contribution in [0, 0.1) is 0 Å². The van der Waals surface area contributed by atoms with Crippen LogP contribution in [0.25, 0.3) is 77.8 Å². The molecule has 39 heavy (non-hydrogen) atoms. The van der Waals surface area contributed by atoms with E-state index in [1.165, 1.54) is 5.39 Å². The van der Waals surface area contributed by atoms with Gasteiger partial charge in [-0.05, 0) is 35.0 Å². The van der Waals surface area contributed by atoms with E-state index in [9.17, 15) is 0 Å². The molecule has 0 unspecified atom stereocenters. The smallest absolute Gasteiger partial charge is 0.164 e. The molecule has 0 aliphatic rings. The summed E-state index contributed by atoms with van der Waals surface area (Å²) in [4.78, 5) is 19.4. The number of pyridine rings is 1. The molecule has 0 radical (unpaired) electrons. The van der Waals surface area contributed by atoms with Crippen molar-refractivity contribution in [2.45, 2.75) is 0 Å². The molecule has 3 heterocycles. The zero-order valence-electron chi connectivity index (χ0n) is 20.7. The Morgan fingerprint density at radius 1 is 0.487 bits per heavy atom. The molecule has 8 rings (SSSR count). The molecule has 0 aliphatic carbocycles. The Hall–Kier alpha value is -5.42. The maximum Gasteiger partial charge on any atom is 0.164 e. The summed E-state index contributed by atoms with van der Waals surface area (Å²) in [5, 5.41) is 5.36. The van der Waals surface area contributed by atoms with Crippen LogP contribution in [0.2, 0.25) is 0 Å². The van der Waals surface area contributed by atoms with Crippen LogP contribution < -0.4 is 0 Å². The highest BCUT2D eigenvalue weighted by Gasteiger charge is 2.18. The second-order valence-corrected chi connectivity index (χ2v) is 9.56. The average Bonchev–Trinajstić information content (AvgIpc) is 3.37. The van der Waals surface area contributed by atoms with Crippen molar-refractivity contribution in [2.75, 3.05) is 0 Å². The van der Waals surface area contributed by atoms with Crippen LogP contribution in [0.1, 0.15) is 0 Å². The predicted molar refractivity (Wildman–Crippen MR) is 156 cm³/mol. The topological polar surface area (TPSA) is 64.7 Å². The second-order valence-electron chi connectivity index (χ2n) is 9.56. The lowest BCUT2D eigenvalue weighted by Gasteiger charge is -2.10. The highest BCUT2D eigenvalue weighted by molar-refractivity contribution is 6.14. The first-order valence-corrected chi connectivity index (χ1v) is 12.8. The van der Waals surface area contributed by atoms with Gasteiger partial charge in [0.1, 0.15) is 11.2 Å². The molecule has 0 atom stereocenters. The number of benzene rings is 5. The van der Waals surface area contributed by atoms with Gasteiger partial charge in [0.25, 0.3) is 0 Å². The minimum Gasteiger partial charge on any atom is -0.456 e. The fraction of sp³-hybridized carbons (Fsp3) is 0. The van der Waals surface area contributed by atoms with Crippen LogP contribution in [0.4, 0.5) is 0 Å². The van der Waals surface area contributed by atoms with Crippen LogP contribution in [-0.4, -0.2) is 19.9 Å². The zero-order valence-corrected chi connectivity index (χ0v) is 20.7. The molecule has 3 aromatic heterocycles. The molecular weight excluding hydrogens is 480 g/mol. The fourth-order valence-electron chi connectivity index (χ4n) is 5.25. The first kappa shape index (κ1) is 21.6. The van der Waals surface area contributed by atoms with E-state index in [4.69, 9.17) is 19.4 Å². The van der Waals surface area contributed by atoms with E-state index in [1.54, 1.807) is 6.20 Å². The number of nitrogens with zero attached hydrogens (tertiary/aromatic N) is 4. The molecule has 8 aromatic rings. The summed E-state index contributed by atoms with van der Waals surface area (Å²) < 4.78 is 6.29. The lowest BCUT2D eigenvalue weighted by Crippen LogP contribution is -2.00. The molecule has 0 saturated heterocycles. The Morgan fingerprint density at radius 2 is 1.26 bits per heavy atom. The van der Waals surface area contributed by atoms with Crippen molar-refractivity contribution in [3.63, 3.8) is 0 Å². The maximum absolute atomic E-state index is 6.29. The number of rotatable bonds is 3. The Morgan fingerprint density at radius 3 is 2.15 bits per heavy atom. The summed E-state index contributed by atoms with van der Waals surface area (Å²) in [7, 11) is 0. The number of hydrogen-bond acceptors (Lipinski definition) is 5. The number of aromatic nitrogens is 4. The summed E-state index contributed by atoms with van der Waals surface area (Å²) in [6.07, 6.45) is 1.80. The molecule has 0 bridgehead atoms. The lowest BCUT2D eigenvalue weighted by atomic mass is 10.0. The molecule has 0 saturated carbocycles. The Labute approximate surface area is 223 Å². The maximum atomic E-state index is 6.29. The summed E-state index contributed by atoms with van der Waals surface area (Å²) in [5.74, 6) is 1.86. The van der Waals surface area contributed by atoms with Gasteiger partial charge in [0.15, 0.2) is 17.5 Å². The van der Waals surface area contributed by atoms with Gasteiger partial charge in [0, 0.05) is 45.1 Å². The van der Waals surface area contributed by atoms with E-state index in [0.29, 0.717) is 17.5 Å². The molecule has 5 nitrogen and oxygen atoms in total. The minimum absolute atomic E-state index is 0.603. The summed E-state index contributed by atoms with van der Waals surface area (Å²) in [5.41, 5.74) is 5.25.